The highest BCUT2D eigenvalue weighted by Gasteiger charge is 2.35. The zero-order valence-electron chi connectivity index (χ0n) is 12.4. The summed E-state index contributed by atoms with van der Waals surface area (Å²) in [4.78, 5) is 1.56. The summed E-state index contributed by atoms with van der Waals surface area (Å²) in [7, 11) is 0. The second-order valence-corrected chi connectivity index (χ2v) is 5.80. The van der Waals surface area contributed by atoms with Gasteiger partial charge in [0.1, 0.15) is 0 Å². The topological polar surface area (TPSA) is 3.24 Å². The lowest BCUT2D eigenvalue weighted by molar-refractivity contribution is -0.149. The van der Waals surface area contributed by atoms with Gasteiger partial charge >= 0.3 is 6.18 Å². The van der Waals surface area contributed by atoms with Gasteiger partial charge in [-0.3, -0.25) is 4.90 Å². The van der Waals surface area contributed by atoms with Crippen molar-refractivity contribution in [2.45, 2.75) is 59.1 Å². The van der Waals surface area contributed by atoms with E-state index < -0.39 is 12.7 Å². The number of hydrogen-bond acceptors (Lipinski definition) is 2. The highest BCUT2D eigenvalue weighted by molar-refractivity contribution is 7.80. The predicted molar refractivity (Wildman–Crippen MR) is 78.9 cm³/mol. The molecule has 0 aromatic heterocycles. The zero-order valence-corrected chi connectivity index (χ0v) is 13.3. The molecule has 0 amide bonds. The first kappa shape index (κ1) is 19.1. The molecular weight excluding hydrogens is 271 g/mol. The molecule has 0 N–H and O–H groups in total. The lowest BCUT2D eigenvalue weighted by Gasteiger charge is -2.38. The Morgan fingerprint density at radius 2 is 1.42 bits per heavy atom. The summed E-state index contributed by atoms with van der Waals surface area (Å²) < 4.78 is 37.9. The van der Waals surface area contributed by atoms with Crippen LogP contribution in [0.1, 0.15) is 52.9 Å². The molecule has 0 spiro atoms. The van der Waals surface area contributed by atoms with E-state index in [9.17, 15) is 13.2 Å². The number of halogens is 3. The fraction of sp³-hybridized carbons (Fsp3) is 1.00. The number of nitrogens with zero attached hydrogens (tertiary/aromatic N) is 1. The van der Waals surface area contributed by atoms with Crippen molar-refractivity contribution in [1.29, 1.82) is 0 Å². The van der Waals surface area contributed by atoms with Crippen LogP contribution in [0, 0.1) is 5.41 Å². The molecule has 1 nitrogen and oxygen atoms in total. The van der Waals surface area contributed by atoms with E-state index in [1.165, 1.54) is 0 Å². The van der Waals surface area contributed by atoms with Gasteiger partial charge in [-0.2, -0.15) is 25.8 Å². The fourth-order valence-corrected chi connectivity index (χ4v) is 3.23. The molecule has 0 unspecified atom stereocenters. The van der Waals surface area contributed by atoms with Crippen molar-refractivity contribution in [2.24, 2.45) is 5.41 Å². The monoisotopic (exact) mass is 299 g/mol. The van der Waals surface area contributed by atoms with Gasteiger partial charge in [0.2, 0.25) is 0 Å². The van der Waals surface area contributed by atoms with Gasteiger partial charge in [0.25, 0.3) is 0 Å². The Morgan fingerprint density at radius 1 is 0.895 bits per heavy atom. The number of hydrogen-bond donors (Lipinski definition) is 1. The van der Waals surface area contributed by atoms with E-state index in [0.29, 0.717) is 18.8 Å². The molecule has 0 aliphatic heterocycles. The van der Waals surface area contributed by atoms with Crippen LogP contribution >= 0.6 is 12.6 Å². The molecule has 0 saturated heterocycles. The van der Waals surface area contributed by atoms with Crippen LogP contribution in [0.4, 0.5) is 13.2 Å². The lowest BCUT2D eigenvalue weighted by Crippen LogP contribution is -2.43. The highest BCUT2D eigenvalue weighted by Crippen LogP contribution is 2.33. The van der Waals surface area contributed by atoms with Gasteiger partial charge in [-0.05, 0) is 37.0 Å². The van der Waals surface area contributed by atoms with Gasteiger partial charge in [-0.15, -0.1) is 0 Å². The maximum Gasteiger partial charge on any atom is 0.401 e. The van der Waals surface area contributed by atoms with Crippen LogP contribution in [0.5, 0.6) is 0 Å². The van der Waals surface area contributed by atoms with Crippen LogP contribution in [0.25, 0.3) is 0 Å². The van der Waals surface area contributed by atoms with Crippen molar-refractivity contribution in [1.82, 2.24) is 4.90 Å². The fourth-order valence-electron chi connectivity index (χ4n) is 2.81. The van der Waals surface area contributed by atoms with Crippen molar-refractivity contribution in [3.05, 3.63) is 0 Å². The van der Waals surface area contributed by atoms with E-state index in [4.69, 9.17) is 0 Å². The van der Waals surface area contributed by atoms with Crippen LogP contribution in [0.15, 0.2) is 0 Å². The van der Waals surface area contributed by atoms with E-state index in [0.717, 1.165) is 32.1 Å². The summed E-state index contributed by atoms with van der Waals surface area (Å²) in [5, 5.41) is 0. The second-order valence-electron chi connectivity index (χ2n) is 5.48. The van der Waals surface area contributed by atoms with E-state index in [1.54, 1.807) is 4.90 Å². The van der Waals surface area contributed by atoms with E-state index in [2.05, 4.69) is 26.5 Å². The predicted octanol–water partition coefficient (Wildman–Crippen LogP) is 4.78. The number of rotatable bonds is 10. The van der Waals surface area contributed by atoms with Crippen molar-refractivity contribution < 1.29 is 13.2 Å². The van der Waals surface area contributed by atoms with Gasteiger partial charge < -0.3 is 0 Å². The third-order valence-electron chi connectivity index (χ3n) is 3.40. The summed E-state index contributed by atoms with van der Waals surface area (Å²) in [6, 6.07) is 0. The standard InChI is InChI=1S/C14H28F3NS/c1-4-7-13(12-19,8-5-2)10-18(9-6-3)11-14(15,16)17/h19H,4-12H2,1-3H3. The third-order valence-corrected chi connectivity index (χ3v) is 4.07. The Bertz CT molecular complexity index is 225. The molecule has 0 aliphatic carbocycles. The van der Waals surface area contributed by atoms with Crippen LogP contribution in [0.2, 0.25) is 0 Å². The molecule has 0 atom stereocenters. The minimum absolute atomic E-state index is 0.0764. The largest absolute Gasteiger partial charge is 0.401 e. The summed E-state index contributed by atoms with van der Waals surface area (Å²) in [5.41, 5.74) is -0.0764. The molecule has 0 aliphatic rings. The molecule has 0 aromatic carbocycles. The Labute approximate surface area is 121 Å². The first-order valence-electron chi connectivity index (χ1n) is 7.22. The Balaban J connectivity index is 4.80. The van der Waals surface area contributed by atoms with Crippen LogP contribution in [0.3, 0.4) is 0 Å². The maximum absolute atomic E-state index is 12.6. The van der Waals surface area contributed by atoms with Crippen molar-refractivity contribution in [2.75, 3.05) is 25.4 Å². The molecule has 0 radical (unpaired) electrons. The van der Waals surface area contributed by atoms with Crippen molar-refractivity contribution in [3.8, 4) is 0 Å². The zero-order chi connectivity index (χ0) is 14.9. The highest BCUT2D eigenvalue weighted by atomic mass is 32.1. The summed E-state index contributed by atoms with van der Waals surface area (Å²) in [5.74, 6) is 0.659. The van der Waals surface area contributed by atoms with Crippen molar-refractivity contribution >= 4 is 12.6 Å². The quantitative estimate of drug-likeness (QED) is 0.568. The Hall–Kier alpha value is 0.100. The molecule has 0 aromatic rings. The smallest absolute Gasteiger partial charge is 0.294 e. The summed E-state index contributed by atoms with van der Waals surface area (Å²) in [6.07, 6.45) is 0.511. The second kappa shape index (κ2) is 9.11. The minimum Gasteiger partial charge on any atom is -0.294 e. The molecule has 5 heteroatoms. The SMILES string of the molecule is CCCN(CC(F)(F)F)CC(CS)(CCC)CCC. The van der Waals surface area contributed by atoms with Gasteiger partial charge in [0.05, 0.1) is 6.54 Å². The number of thiol groups is 1. The molecule has 0 heterocycles. The minimum atomic E-state index is -4.12. The molecule has 19 heavy (non-hydrogen) atoms. The van der Waals surface area contributed by atoms with Gasteiger partial charge in [0, 0.05) is 6.54 Å². The van der Waals surface area contributed by atoms with Gasteiger partial charge in [0.15, 0.2) is 0 Å². The lowest BCUT2D eigenvalue weighted by atomic mass is 9.80. The van der Waals surface area contributed by atoms with E-state index in [1.807, 2.05) is 6.92 Å². The van der Waals surface area contributed by atoms with Crippen molar-refractivity contribution in [3.63, 3.8) is 0 Å². The molecular formula is C14H28F3NS. The van der Waals surface area contributed by atoms with Crippen LogP contribution in [-0.2, 0) is 0 Å². The molecule has 0 rings (SSSR count). The Kier molecular flexibility index (Phi) is 9.16. The first-order valence-corrected chi connectivity index (χ1v) is 7.85. The Morgan fingerprint density at radius 3 is 1.74 bits per heavy atom. The molecule has 0 bridgehead atoms. The van der Waals surface area contributed by atoms with E-state index in [-0.39, 0.29) is 5.41 Å². The molecule has 0 fully saturated rings. The normalized spacial score (nSPS) is 13.3. The summed E-state index contributed by atoms with van der Waals surface area (Å²) >= 11 is 4.42. The third kappa shape index (κ3) is 8.08. The average molecular weight is 299 g/mol. The molecule has 116 valence electrons. The molecule has 0 saturated carbocycles. The number of alkyl halides is 3. The van der Waals surface area contributed by atoms with Crippen LogP contribution in [-0.4, -0.2) is 36.5 Å². The van der Waals surface area contributed by atoms with Crippen LogP contribution < -0.4 is 0 Å². The summed E-state index contributed by atoms with van der Waals surface area (Å²) in [6.45, 7) is 6.30. The average Bonchev–Trinajstić information content (AvgIpc) is 2.27. The maximum atomic E-state index is 12.6. The van der Waals surface area contributed by atoms with Gasteiger partial charge in [-0.1, -0.05) is 33.6 Å². The van der Waals surface area contributed by atoms with E-state index >= 15 is 0 Å². The first-order chi connectivity index (χ1) is 8.82. The van der Waals surface area contributed by atoms with Gasteiger partial charge in [-0.25, -0.2) is 0 Å².